The first-order valence-electron chi connectivity index (χ1n) is 10.5. The Labute approximate surface area is 179 Å². The van der Waals surface area contributed by atoms with Crippen molar-refractivity contribution in [2.24, 2.45) is 5.73 Å². The van der Waals surface area contributed by atoms with Crippen LogP contribution in [0.25, 0.3) is 0 Å². The van der Waals surface area contributed by atoms with Crippen molar-refractivity contribution >= 4 is 0 Å². The van der Waals surface area contributed by atoms with Crippen molar-refractivity contribution in [3.05, 3.63) is 95.6 Å². The molecule has 2 heterocycles. The van der Waals surface area contributed by atoms with Gasteiger partial charge in [0, 0.05) is 64.8 Å². The zero-order chi connectivity index (χ0) is 20.9. The molecule has 0 saturated heterocycles. The number of benzene rings is 1. The topological polar surface area (TPSA) is 79.1 Å². The molecule has 0 radical (unpaired) electrons. The van der Waals surface area contributed by atoms with E-state index in [4.69, 9.17) is 5.73 Å². The van der Waals surface area contributed by atoms with Gasteiger partial charge in [-0.05, 0) is 35.4 Å². The summed E-state index contributed by atoms with van der Waals surface area (Å²) in [4.78, 5) is 11.2. The maximum atomic E-state index is 5.72. The summed E-state index contributed by atoms with van der Waals surface area (Å²) in [6, 6.07) is 20.6. The molecule has 0 bridgehead atoms. The van der Waals surface area contributed by atoms with Crippen molar-refractivity contribution in [2.75, 3.05) is 26.2 Å². The van der Waals surface area contributed by atoms with E-state index in [1.54, 1.807) is 0 Å². The third-order valence-electron chi connectivity index (χ3n) is 4.94. The van der Waals surface area contributed by atoms with Gasteiger partial charge in [-0.25, -0.2) is 0 Å². The molecule has 4 N–H and O–H groups in total. The SMILES string of the molecule is NCc1ccc(CN(CCNCc2ccccn2)CCNCc2ccccn2)cc1. The molecule has 6 heteroatoms. The lowest BCUT2D eigenvalue weighted by atomic mass is 10.1. The van der Waals surface area contributed by atoms with Gasteiger partial charge in [0.15, 0.2) is 0 Å². The van der Waals surface area contributed by atoms with Gasteiger partial charge in [-0.2, -0.15) is 0 Å². The number of hydrogen-bond acceptors (Lipinski definition) is 6. The Bertz CT molecular complexity index is 776. The zero-order valence-corrected chi connectivity index (χ0v) is 17.5. The number of rotatable bonds is 13. The fourth-order valence-electron chi connectivity index (χ4n) is 3.22. The summed E-state index contributed by atoms with van der Waals surface area (Å²) in [5.74, 6) is 0. The second kappa shape index (κ2) is 12.8. The van der Waals surface area contributed by atoms with Crippen LogP contribution in [0.5, 0.6) is 0 Å². The molecule has 30 heavy (non-hydrogen) atoms. The highest BCUT2D eigenvalue weighted by atomic mass is 15.1. The Morgan fingerprint density at radius 2 is 1.23 bits per heavy atom. The van der Waals surface area contributed by atoms with Gasteiger partial charge < -0.3 is 16.4 Å². The molecule has 0 aliphatic carbocycles. The molecule has 0 saturated carbocycles. The molecule has 3 aromatic rings. The van der Waals surface area contributed by atoms with E-state index >= 15 is 0 Å². The summed E-state index contributed by atoms with van der Waals surface area (Å²) in [5, 5.41) is 7.00. The highest BCUT2D eigenvalue weighted by Gasteiger charge is 2.07. The van der Waals surface area contributed by atoms with Crippen LogP contribution in [-0.4, -0.2) is 41.0 Å². The number of aromatic nitrogens is 2. The predicted octanol–water partition coefficient (Wildman–Crippen LogP) is 2.32. The van der Waals surface area contributed by atoms with Gasteiger partial charge in [0.2, 0.25) is 0 Å². The molecule has 0 spiro atoms. The molecule has 158 valence electrons. The Kier molecular flexibility index (Phi) is 9.43. The van der Waals surface area contributed by atoms with E-state index in [-0.39, 0.29) is 0 Å². The molecule has 0 unspecified atom stereocenters. The molecule has 0 atom stereocenters. The van der Waals surface area contributed by atoms with Crippen molar-refractivity contribution < 1.29 is 0 Å². The summed E-state index contributed by atoms with van der Waals surface area (Å²) in [6.07, 6.45) is 3.67. The molecular formula is C24H32N6. The second-order valence-electron chi connectivity index (χ2n) is 7.29. The average molecular weight is 405 g/mol. The van der Waals surface area contributed by atoms with Crippen LogP contribution < -0.4 is 16.4 Å². The second-order valence-corrected chi connectivity index (χ2v) is 7.29. The number of nitrogens with two attached hydrogens (primary N) is 1. The van der Waals surface area contributed by atoms with E-state index in [1.165, 1.54) is 11.1 Å². The van der Waals surface area contributed by atoms with E-state index in [9.17, 15) is 0 Å². The molecular weight excluding hydrogens is 372 g/mol. The first-order chi connectivity index (χ1) is 14.8. The van der Waals surface area contributed by atoms with Gasteiger partial charge >= 0.3 is 0 Å². The Hall–Kier alpha value is -2.64. The van der Waals surface area contributed by atoms with Crippen molar-refractivity contribution in [3.63, 3.8) is 0 Å². The highest BCUT2D eigenvalue weighted by molar-refractivity contribution is 5.22. The maximum Gasteiger partial charge on any atom is 0.0541 e. The number of pyridine rings is 2. The summed E-state index contributed by atoms with van der Waals surface area (Å²) in [7, 11) is 0. The third-order valence-corrected chi connectivity index (χ3v) is 4.94. The molecule has 0 fully saturated rings. The van der Waals surface area contributed by atoms with Crippen molar-refractivity contribution in [1.29, 1.82) is 0 Å². The van der Waals surface area contributed by atoms with Crippen LogP contribution >= 0.6 is 0 Å². The van der Waals surface area contributed by atoms with E-state index in [1.807, 2.05) is 48.8 Å². The van der Waals surface area contributed by atoms with E-state index in [0.29, 0.717) is 6.54 Å². The fraction of sp³-hybridized carbons (Fsp3) is 0.333. The van der Waals surface area contributed by atoms with Gasteiger partial charge in [-0.3, -0.25) is 14.9 Å². The van der Waals surface area contributed by atoms with Crippen molar-refractivity contribution in [2.45, 2.75) is 26.2 Å². The molecule has 3 rings (SSSR count). The standard InChI is InChI=1S/C24H32N6/c25-17-21-7-9-22(10-8-21)20-30(15-13-26-18-23-5-1-3-11-28-23)16-14-27-19-24-6-2-4-12-29-24/h1-12,26-27H,13-20,25H2. The van der Waals surface area contributed by atoms with Gasteiger partial charge in [0.05, 0.1) is 11.4 Å². The van der Waals surface area contributed by atoms with E-state index in [2.05, 4.69) is 49.8 Å². The van der Waals surface area contributed by atoms with E-state index < -0.39 is 0 Å². The lowest BCUT2D eigenvalue weighted by Crippen LogP contribution is -2.36. The molecule has 0 aliphatic rings. The van der Waals surface area contributed by atoms with Crippen LogP contribution in [0.3, 0.4) is 0 Å². The Balaban J connectivity index is 1.46. The highest BCUT2D eigenvalue weighted by Crippen LogP contribution is 2.07. The average Bonchev–Trinajstić information content (AvgIpc) is 2.81. The van der Waals surface area contributed by atoms with Gasteiger partial charge in [0.1, 0.15) is 0 Å². The van der Waals surface area contributed by atoms with Crippen LogP contribution in [0.1, 0.15) is 22.5 Å². The summed E-state index contributed by atoms with van der Waals surface area (Å²) >= 11 is 0. The number of nitrogens with zero attached hydrogens (tertiary/aromatic N) is 3. The van der Waals surface area contributed by atoms with E-state index in [0.717, 1.165) is 57.2 Å². The zero-order valence-electron chi connectivity index (χ0n) is 17.5. The first kappa shape index (κ1) is 22.1. The minimum Gasteiger partial charge on any atom is -0.326 e. The molecule has 2 aromatic heterocycles. The summed E-state index contributed by atoms with van der Waals surface area (Å²) in [6.45, 7) is 6.85. The minimum absolute atomic E-state index is 0.582. The van der Waals surface area contributed by atoms with Crippen molar-refractivity contribution in [1.82, 2.24) is 25.5 Å². The molecule has 6 nitrogen and oxygen atoms in total. The third kappa shape index (κ3) is 8.00. The molecule has 1 aromatic carbocycles. The van der Waals surface area contributed by atoms with Gasteiger partial charge in [-0.1, -0.05) is 36.4 Å². The quantitative estimate of drug-likeness (QED) is 0.380. The normalized spacial score (nSPS) is 11.1. The number of hydrogen-bond donors (Lipinski definition) is 3. The summed E-state index contributed by atoms with van der Waals surface area (Å²) in [5.41, 5.74) is 10.3. The minimum atomic E-state index is 0.582. The van der Waals surface area contributed by atoms with Gasteiger partial charge in [-0.15, -0.1) is 0 Å². The Morgan fingerprint density at radius 1 is 0.700 bits per heavy atom. The van der Waals surface area contributed by atoms with Crippen LogP contribution in [0.4, 0.5) is 0 Å². The summed E-state index contributed by atoms with van der Waals surface area (Å²) < 4.78 is 0. The fourth-order valence-corrected chi connectivity index (χ4v) is 3.22. The van der Waals surface area contributed by atoms with Crippen LogP contribution in [-0.2, 0) is 26.2 Å². The predicted molar refractivity (Wildman–Crippen MR) is 121 cm³/mol. The first-order valence-corrected chi connectivity index (χ1v) is 10.5. The van der Waals surface area contributed by atoms with Crippen molar-refractivity contribution in [3.8, 4) is 0 Å². The van der Waals surface area contributed by atoms with Gasteiger partial charge in [0.25, 0.3) is 0 Å². The van der Waals surface area contributed by atoms with Crippen LogP contribution in [0.2, 0.25) is 0 Å². The smallest absolute Gasteiger partial charge is 0.0541 e. The largest absolute Gasteiger partial charge is 0.326 e. The lowest BCUT2D eigenvalue weighted by Gasteiger charge is -2.23. The van der Waals surface area contributed by atoms with Crippen LogP contribution in [0, 0.1) is 0 Å². The monoisotopic (exact) mass is 404 g/mol. The maximum absolute atomic E-state index is 5.72. The van der Waals surface area contributed by atoms with Crippen LogP contribution in [0.15, 0.2) is 73.1 Å². The molecule has 0 amide bonds. The number of nitrogens with one attached hydrogen (secondary N) is 2. The lowest BCUT2D eigenvalue weighted by molar-refractivity contribution is 0.263. The molecule has 0 aliphatic heterocycles. The Morgan fingerprint density at radius 3 is 1.70 bits per heavy atom.